The Morgan fingerprint density at radius 3 is 2.80 bits per heavy atom. The van der Waals surface area contributed by atoms with E-state index < -0.39 is 15.8 Å². The molecule has 0 bridgehead atoms. The van der Waals surface area contributed by atoms with Gasteiger partial charge in [0.1, 0.15) is 28.3 Å². The van der Waals surface area contributed by atoms with E-state index in [1.807, 2.05) is 13.8 Å². The van der Waals surface area contributed by atoms with Gasteiger partial charge >= 0.3 is 0 Å². The third-order valence-electron chi connectivity index (χ3n) is 3.73. The fraction of sp³-hybridized carbons (Fsp3) is 0.294. The lowest BCUT2D eigenvalue weighted by Gasteiger charge is -2.15. The van der Waals surface area contributed by atoms with Gasteiger partial charge in [0.2, 0.25) is 0 Å². The fourth-order valence-corrected chi connectivity index (χ4v) is 4.28. The summed E-state index contributed by atoms with van der Waals surface area (Å²) in [5.74, 6) is 0.401. The number of benzene rings is 2. The molecule has 1 heterocycles. The number of rotatable bonds is 5. The molecule has 3 rings (SSSR count). The predicted octanol–water partition coefficient (Wildman–Crippen LogP) is 4.00. The van der Waals surface area contributed by atoms with Crippen molar-refractivity contribution >= 4 is 27.3 Å². The summed E-state index contributed by atoms with van der Waals surface area (Å²) in [5.41, 5.74) is 1.20. The first kappa shape index (κ1) is 17.8. The molecule has 0 fully saturated rings. The van der Waals surface area contributed by atoms with Crippen LogP contribution < -0.4 is 14.2 Å². The van der Waals surface area contributed by atoms with Crippen LogP contribution in [0.3, 0.4) is 0 Å². The van der Waals surface area contributed by atoms with Crippen LogP contribution in [0.5, 0.6) is 11.5 Å². The van der Waals surface area contributed by atoms with Gasteiger partial charge in [0.25, 0.3) is 10.0 Å². The molecule has 0 saturated carbocycles. The second-order valence-electron chi connectivity index (χ2n) is 5.70. The molecular weight excluding hydrogens is 369 g/mol. The molecule has 0 saturated heterocycles. The molecule has 1 aliphatic rings. The average Bonchev–Trinajstić information content (AvgIpc) is 2.86. The summed E-state index contributed by atoms with van der Waals surface area (Å²) in [7, 11) is -4.02. The van der Waals surface area contributed by atoms with Crippen LogP contribution in [-0.2, 0) is 16.4 Å². The molecule has 1 atom stereocenters. The van der Waals surface area contributed by atoms with Gasteiger partial charge in [-0.25, -0.2) is 12.8 Å². The van der Waals surface area contributed by atoms with Crippen LogP contribution in [0.2, 0.25) is 5.02 Å². The zero-order valence-corrected chi connectivity index (χ0v) is 15.2. The molecular formula is C17H17ClFNO4S. The van der Waals surface area contributed by atoms with Crippen molar-refractivity contribution in [2.24, 2.45) is 0 Å². The maximum atomic E-state index is 13.2. The Kier molecular flexibility index (Phi) is 4.79. The summed E-state index contributed by atoms with van der Waals surface area (Å²) in [6.07, 6.45) is 0.745. The second-order valence-corrected chi connectivity index (χ2v) is 7.76. The van der Waals surface area contributed by atoms with Crippen LogP contribution in [0.25, 0.3) is 0 Å². The van der Waals surface area contributed by atoms with Crippen molar-refractivity contribution in [3.05, 3.63) is 46.7 Å². The normalized spacial score (nSPS) is 16.2. The SMILES string of the molecule is CCOc1cc2c(cc1NS(=O)(=O)c1ccc(F)cc1Cl)O[C@H](C)C2. The van der Waals surface area contributed by atoms with E-state index in [1.54, 1.807) is 12.1 Å². The average molecular weight is 386 g/mol. The Morgan fingerprint density at radius 1 is 1.36 bits per heavy atom. The van der Waals surface area contributed by atoms with Gasteiger partial charge in [-0.05, 0) is 38.1 Å². The lowest BCUT2D eigenvalue weighted by Crippen LogP contribution is -2.14. The van der Waals surface area contributed by atoms with E-state index in [0.29, 0.717) is 18.1 Å². The standard InChI is InChI=1S/C17H17ClFNO4S/c1-3-23-16-7-11-6-10(2)24-15(11)9-14(16)20-25(21,22)17-5-4-12(19)8-13(17)18/h4-5,7-10,20H,3,6H2,1-2H3/t10-/m1/s1. The quantitative estimate of drug-likeness (QED) is 0.844. The first-order valence-corrected chi connectivity index (χ1v) is 9.60. The van der Waals surface area contributed by atoms with Gasteiger partial charge in [-0.1, -0.05) is 11.6 Å². The van der Waals surface area contributed by atoms with E-state index in [-0.39, 0.29) is 21.7 Å². The Bertz CT molecular complexity index is 917. The highest BCUT2D eigenvalue weighted by Gasteiger charge is 2.25. The van der Waals surface area contributed by atoms with Gasteiger partial charge < -0.3 is 9.47 Å². The highest BCUT2D eigenvalue weighted by atomic mass is 35.5. The van der Waals surface area contributed by atoms with Crippen molar-refractivity contribution in [1.82, 2.24) is 0 Å². The van der Waals surface area contributed by atoms with Crippen LogP contribution in [0.1, 0.15) is 19.4 Å². The minimum atomic E-state index is -4.02. The molecule has 2 aromatic rings. The lowest BCUT2D eigenvalue weighted by atomic mass is 10.1. The molecule has 0 amide bonds. The number of nitrogens with one attached hydrogen (secondary N) is 1. The third-order valence-corrected chi connectivity index (χ3v) is 5.57. The smallest absolute Gasteiger partial charge is 0.263 e. The number of anilines is 1. The summed E-state index contributed by atoms with van der Waals surface area (Å²) in [6.45, 7) is 4.12. The van der Waals surface area contributed by atoms with Crippen LogP contribution in [0.15, 0.2) is 35.2 Å². The minimum Gasteiger partial charge on any atom is -0.492 e. The van der Waals surface area contributed by atoms with E-state index in [2.05, 4.69) is 4.72 Å². The van der Waals surface area contributed by atoms with E-state index in [9.17, 15) is 12.8 Å². The van der Waals surface area contributed by atoms with Crippen molar-refractivity contribution in [2.45, 2.75) is 31.3 Å². The topological polar surface area (TPSA) is 64.6 Å². The Hall–Kier alpha value is -1.99. The van der Waals surface area contributed by atoms with Crippen molar-refractivity contribution < 1.29 is 22.3 Å². The third kappa shape index (κ3) is 3.67. The summed E-state index contributed by atoms with van der Waals surface area (Å²) in [4.78, 5) is -0.215. The van der Waals surface area contributed by atoms with Gasteiger partial charge in [-0.3, -0.25) is 4.72 Å². The van der Waals surface area contributed by atoms with Gasteiger partial charge in [-0.2, -0.15) is 0 Å². The highest BCUT2D eigenvalue weighted by molar-refractivity contribution is 7.92. The molecule has 0 aliphatic carbocycles. The van der Waals surface area contributed by atoms with Crippen molar-refractivity contribution in [1.29, 1.82) is 0 Å². The number of fused-ring (bicyclic) bond motifs is 1. The number of hydrogen-bond donors (Lipinski definition) is 1. The molecule has 1 N–H and O–H groups in total. The summed E-state index contributed by atoms with van der Waals surface area (Å²) in [6, 6.07) is 6.47. The molecule has 5 nitrogen and oxygen atoms in total. The first-order valence-electron chi connectivity index (χ1n) is 7.74. The zero-order chi connectivity index (χ0) is 18.2. The number of ether oxygens (including phenoxy) is 2. The van der Waals surface area contributed by atoms with Crippen LogP contribution in [-0.4, -0.2) is 21.1 Å². The summed E-state index contributed by atoms with van der Waals surface area (Å²) < 4.78 is 52.1. The number of halogens is 2. The number of sulfonamides is 1. The van der Waals surface area contributed by atoms with E-state index in [0.717, 1.165) is 30.2 Å². The molecule has 0 spiro atoms. The van der Waals surface area contributed by atoms with Crippen molar-refractivity contribution in [2.75, 3.05) is 11.3 Å². The largest absolute Gasteiger partial charge is 0.492 e. The molecule has 25 heavy (non-hydrogen) atoms. The van der Waals surface area contributed by atoms with Crippen molar-refractivity contribution in [3.63, 3.8) is 0 Å². The Balaban J connectivity index is 2.00. The molecule has 8 heteroatoms. The summed E-state index contributed by atoms with van der Waals surface area (Å²) >= 11 is 5.88. The first-order chi connectivity index (χ1) is 11.8. The molecule has 0 aromatic heterocycles. The maximum Gasteiger partial charge on any atom is 0.263 e. The molecule has 0 radical (unpaired) electrons. The monoisotopic (exact) mass is 385 g/mol. The zero-order valence-electron chi connectivity index (χ0n) is 13.7. The molecule has 0 unspecified atom stereocenters. The van der Waals surface area contributed by atoms with Gasteiger partial charge in [0, 0.05) is 18.1 Å². The van der Waals surface area contributed by atoms with Crippen LogP contribution in [0, 0.1) is 5.82 Å². The predicted molar refractivity (Wildman–Crippen MR) is 93.6 cm³/mol. The van der Waals surface area contributed by atoms with Crippen LogP contribution in [0.4, 0.5) is 10.1 Å². The second kappa shape index (κ2) is 6.72. The highest BCUT2D eigenvalue weighted by Crippen LogP contribution is 2.39. The fourth-order valence-electron chi connectivity index (χ4n) is 2.69. The van der Waals surface area contributed by atoms with E-state index in [4.69, 9.17) is 21.1 Å². The Morgan fingerprint density at radius 2 is 2.12 bits per heavy atom. The maximum absolute atomic E-state index is 13.2. The minimum absolute atomic E-state index is 0.0166. The van der Waals surface area contributed by atoms with E-state index >= 15 is 0 Å². The van der Waals surface area contributed by atoms with Gasteiger partial charge in [0.05, 0.1) is 17.3 Å². The van der Waals surface area contributed by atoms with Crippen molar-refractivity contribution in [3.8, 4) is 11.5 Å². The van der Waals surface area contributed by atoms with Gasteiger partial charge in [0.15, 0.2) is 0 Å². The molecule has 2 aromatic carbocycles. The van der Waals surface area contributed by atoms with E-state index in [1.165, 1.54) is 0 Å². The molecule has 134 valence electrons. The Labute approximate surface area is 150 Å². The van der Waals surface area contributed by atoms with Gasteiger partial charge in [-0.15, -0.1) is 0 Å². The summed E-state index contributed by atoms with van der Waals surface area (Å²) in [5, 5.41) is -0.198. The lowest BCUT2D eigenvalue weighted by molar-refractivity contribution is 0.254. The van der Waals surface area contributed by atoms with Crippen LogP contribution >= 0.6 is 11.6 Å². The molecule has 1 aliphatic heterocycles. The number of hydrogen-bond acceptors (Lipinski definition) is 4.